The molecule has 1 aromatic rings. The van der Waals surface area contributed by atoms with Crippen molar-refractivity contribution >= 4 is 29.5 Å². The maximum atomic E-state index is 2.35. The van der Waals surface area contributed by atoms with Gasteiger partial charge in [0.25, 0.3) is 0 Å². The van der Waals surface area contributed by atoms with E-state index >= 15 is 0 Å². The third-order valence-electron chi connectivity index (χ3n) is 0.997. The van der Waals surface area contributed by atoms with Crippen LogP contribution >= 0.6 is 22.6 Å². The van der Waals surface area contributed by atoms with E-state index in [1.165, 1.54) is 5.46 Å². The molecule has 0 aromatic carbocycles. The Bertz CT molecular complexity index is 150. The van der Waals surface area contributed by atoms with Gasteiger partial charge in [0.1, 0.15) is 0 Å². The van der Waals surface area contributed by atoms with Crippen LogP contribution in [0.3, 0.4) is 0 Å². The minimum absolute atomic E-state index is 1.11. The topological polar surface area (TPSA) is 0 Å². The van der Waals surface area contributed by atoms with Crippen molar-refractivity contribution in [1.82, 2.24) is 0 Å². The third kappa shape index (κ3) is 1.58. The number of rotatable bonds is 1. The third-order valence-corrected chi connectivity index (χ3v) is 1.88. The van der Waals surface area contributed by atoms with Crippen molar-refractivity contribution in [3.63, 3.8) is 0 Å². The molecule has 0 nitrogen and oxygen atoms in total. The van der Waals surface area contributed by atoms with E-state index in [9.17, 15) is 0 Å². The Kier molecular flexibility index (Phi) is 2.53. The number of halogens is 1. The van der Waals surface area contributed by atoms with Gasteiger partial charge in [0, 0.05) is 0 Å². The second-order valence-corrected chi connectivity index (χ2v) is 2.38. The summed E-state index contributed by atoms with van der Waals surface area (Å²) in [6.45, 7) is 2.13. The van der Waals surface area contributed by atoms with Crippen LogP contribution in [0.2, 0.25) is 0 Å². The zero-order valence-electron chi connectivity index (χ0n) is 4.47. The molecule has 0 fully saturated rings. The molecule has 0 radical (unpaired) electrons. The fourth-order valence-electron chi connectivity index (χ4n) is 0.567. The summed E-state index contributed by atoms with van der Waals surface area (Å²) >= 11 is 2.35. The first-order valence-electron chi connectivity index (χ1n) is 2.53. The first kappa shape index (κ1) is 6.27. The summed E-state index contributed by atoms with van der Waals surface area (Å²) in [5.74, 6) is 2.06. The molecule has 0 aliphatic carbocycles. The number of hydrogen-bond donors (Lipinski definition) is 0. The molecule has 0 saturated carbocycles. The van der Waals surface area contributed by atoms with E-state index in [2.05, 4.69) is 47.6 Å². The Morgan fingerprint density at radius 3 is 2.75 bits per heavy atom. The first-order valence-corrected chi connectivity index (χ1v) is 4.06. The summed E-state index contributed by atoms with van der Waals surface area (Å²) in [4.78, 5) is 0. The SMILES string of the molecule is ICc1bcccc1. The van der Waals surface area contributed by atoms with E-state index in [-0.39, 0.29) is 0 Å². The van der Waals surface area contributed by atoms with Crippen molar-refractivity contribution in [2.75, 3.05) is 0 Å². The van der Waals surface area contributed by atoms with E-state index in [0.717, 1.165) is 4.43 Å². The van der Waals surface area contributed by atoms with E-state index in [1.54, 1.807) is 0 Å². The van der Waals surface area contributed by atoms with Gasteiger partial charge >= 0.3 is 63.5 Å². The standard InChI is InChI=1S/C6H6BI/c8-5-6-3-1-2-4-7-6/h1-4H,5H2. The molecule has 0 aliphatic heterocycles. The summed E-state index contributed by atoms with van der Waals surface area (Å²) < 4.78 is 1.11. The molecule has 1 rings (SSSR count). The fourth-order valence-corrected chi connectivity index (χ4v) is 1.08. The first-order chi connectivity index (χ1) is 3.93. The van der Waals surface area contributed by atoms with Crippen molar-refractivity contribution in [2.45, 2.75) is 4.43 Å². The van der Waals surface area contributed by atoms with Crippen molar-refractivity contribution in [3.05, 3.63) is 29.6 Å². The molecule has 0 bridgehead atoms. The Morgan fingerprint density at radius 1 is 1.50 bits per heavy atom. The van der Waals surface area contributed by atoms with Gasteiger partial charge in [-0.3, -0.25) is 0 Å². The Hall–Kier alpha value is 0.145. The van der Waals surface area contributed by atoms with Crippen LogP contribution in [0.1, 0.15) is 5.46 Å². The van der Waals surface area contributed by atoms with Gasteiger partial charge in [0.2, 0.25) is 0 Å². The van der Waals surface area contributed by atoms with Crippen LogP contribution in [0.4, 0.5) is 0 Å². The second-order valence-electron chi connectivity index (χ2n) is 1.62. The minimum atomic E-state index is 1.11. The van der Waals surface area contributed by atoms with E-state index < -0.39 is 0 Å². The molecule has 1 aromatic heterocycles. The Labute approximate surface area is 63.7 Å². The average molecular weight is 216 g/mol. The van der Waals surface area contributed by atoms with Crippen LogP contribution in [0.25, 0.3) is 0 Å². The summed E-state index contributed by atoms with van der Waals surface area (Å²) in [5, 5.41) is 0. The molecule has 0 amide bonds. The predicted octanol–water partition coefficient (Wildman–Crippen LogP) is 1.96. The number of alkyl halides is 1. The van der Waals surface area contributed by atoms with Crippen LogP contribution in [0.15, 0.2) is 24.2 Å². The van der Waals surface area contributed by atoms with Gasteiger partial charge in [-0.2, -0.15) is 0 Å². The van der Waals surface area contributed by atoms with Crippen LogP contribution in [0.5, 0.6) is 0 Å². The van der Waals surface area contributed by atoms with Gasteiger partial charge in [-0.25, -0.2) is 0 Å². The van der Waals surface area contributed by atoms with Crippen molar-refractivity contribution in [1.29, 1.82) is 0 Å². The molecule has 0 aliphatic rings. The van der Waals surface area contributed by atoms with E-state index in [4.69, 9.17) is 0 Å². The second kappa shape index (κ2) is 3.23. The fraction of sp³-hybridized carbons (Fsp3) is 0.167. The van der Waals surface area contributed by atoms with Gasteiger partial charge in [-0.05, 0) is 0 Å². The quantitative estimate of drug-likeness (QED) is 0.497. The molecule has 0 saturated heterocycles. The van der Waals surface area contributed by atoms with Crippen molar-refractivity contribution < 1.29 is 0 Å². The molecular formula is C6H6BI. The molecular weight excluding hydrogens is 210 g/mol. The Balaban J connectivity index is 2.83. The molecule has 0 unspecified atom stereocenters. The zero-order valence-corrected chi connectivity index (χ0v) is 6.63. The summed E-state index contributed by atoms with van der Waals surface area (Å²) in [6, 6.07) is 6.23. The number of hydrogen-bond acceptors (Lipinski definition) is 0. The van der Waals surface area contributed by atoms with E-state index in [1.807, 2.05) is 6.07 Å². The van der Waals surface area contributed by atoms with Gasteiger partial charge in [0.15, 0.2) is 0 Å². The maximum absolute atomic E-state index is 2.35. The molecule has 40 valence electrons. The summed E-state index contributed by atoms with van der Waals surface area (Å²) in [7, 11) is 0. The van der Waals surface area contributed by atoms with Crippen LogP contribution in [-0.4, -0.2) is 6.91 Å². The molecule has 0 atom stereocenters. The molecule has 1 heterocycles. The summed E-state index contributed by atoms with van der Waals surface area (Å²) in [6.07, 6.45) is 0. The van der Waals surface area contributed by atoms with Crippen LogP contribution in [-0.2, 0) is 4.43 Å². The van der Waals surface area contributed by atoms with Gasteiger partial charge < -0.3 is 0 Å². The van der Waals surface area contributed by atoms with Crippen molar-refractivity contribution in [3.8, 4) is 0 Å². The molecule has 0 spiro atoms. The van der Waals surface area contributed by atoms with Gasteiger partial charge in [-0.15, -0.1) is 0 Å². The zero-order chi connectivity index (χ0) is 5.82. The van der Waals surface area contributed by atoms with E-state index in [0.29, 0.717) is 0 Å². The monoisotopic (exact) mass is 216 g/mol. The Morgan fingerprint density at radius 2 is 2.38 bits per heavy atom. The normalized spacial score (nSPS) is 8.62. The molecule has 0 N–H and O–H groups in total. The summed E-state index contributed by atoms with van der Waals surface area (Å²) in [5.41, 5.74) is 1.40. The predicted molar refractivity (Wildman–Crippen MR) is 45.5 cm³/mol. The molecule has 8 heavy (non-hydrogen) atoms. The molecule has 2 heteroatoms. The van der Waals surface area contributed by atoms with Crippen LogP contribution in [0, 0.1) is 0 Å². The van der Waals surface area contributed by atoms with Gasteiger partial charge in [-0.1, -0.05) is 0 Å². The van der Waals surface area contributed by atoms with Crippen molar-refractivity contribution in [2.24, 2.45) is 0 Å². The van der Waals surface area contributed by atoms with Gasteiger partial charge in [0.05, 0.1) is 0 Å². The van der Waals surface area contributed by atoms with Crippen LogP contribution < -0.4 is 0 Å². The average Bonchev–Trinajstić information content (AvgIpc) is 1.90.